The number of ether oxygens (including phenoxy) is 1. The minimum Gasteiger partial charge on any atom is -0.456 e. The van der Waals surface area contributed by atoms with E-state index in [-0.39, 0.29) is 28.7 Å². The average Bonchev–Trinajstić information content (AvgIpc) is 3.31. The molecule has 0 spiro atoms. The standard InChI is InChI=1S/C51H51N2O6PS2Si/c1-6-45(61)62-49-46(37(2)59-63(51(3,4)5,43-28-18-10-19-29-43)44-30-20-11-21-31-44)47(54)52(49)48(50(55)58-36-38-32-34-39(35-33-38)53(56)57)60(40-22-12-7-13-23-40,41-24-14-8-15-25-41)42-26-16-9-17-27-42/h7-35,37,46,49H,6,36H2,1-5H3. The van der Waals surface area contributed by atoms with E-state index in [1.54, 1.807) is 17.0 Å². The minimum atomic E-state index is -3.26. The summed E-state index contributed by atoms with van der Waals surface area (Å²) in [7, 11) is -3.14. The van der Waals surface area contributed by atoms with Gasteiger partial charge in [0.25, 0.3) is 14.0 Å². The van der Waals surface area contributed by atoms with Gasteiger partial charge in [0, 0.05) is 23.2 Å². The predicted molar refractivity (Wildman–Crippen MR) is 266 cm³/mol. The van der Waals surface area contributed by atoms with Gasteiger partial charge in [-0.15, -0.1) is 0 Å². The van der Waals surface area contributed by atoms with E-state index in [1.807, 2.05) is 141 Å². The second-order valence-corrected chi connectivity index (χ2v) is 26.0. The Balaban J connectivity index is 1.46. The highest BCUT2D eigenvalue weighted by molar-refractivity contribution is 8.23. The Labute approximate surface area is 380 Å². The number of β-lactam (4-membered cyclic amide) rings is 1. The number of nitro benzene ring substituents is 1. The Morgan fingerprint density at radius 1 is 0.762 bits per heavy atom. The maximum Gasteiger partial charge on any atom is 0.356 e. The molecule has 1 saturated heterocycles. The number of hydrogen-bond donors (Lipinski definition) is 0. The molecule has 6 aromatic carbocycles. The largest absolute Gasteiger partial charge is 0.456 e. The van der Waals surface area contributed by atoms with Crippen molar-refractivity contribution in [1.29, 1.82) is 0 Å². The van der Waals surface area contributed by atoms with E-state index < -0.39 is 43.5 Å². The van der Waals surface area contributed by atoms with Crippen molar-refractivity contribution in [2.45, 2.75) is 64.2 Å². The van der Waals surface area contributed by atoms with Crippen LogP contribution < -0.4 is 26.3 Å². The summed E-state index contributed by atoms with van der Waals surface area (Å²) in [6, 6.07) is 56.3. The Hall–Kier alpha value is -5.42. The van der Waals surface area contributed by atoms with Crippen LogP contribution in [0.1, 0.15) is 46.6 Å². The number of esters is 1. The van der Waals surface area contributed by atoms with Crippen LogP contribution in [0.2, 0.25) is 5.04 Å². The zero-order valence-electron chi connectivity index (χ0n) is 36.0. The van der Waals surface area contributed by atoms with Crippen molar-refractivity contribution >= 4 is 92.6 Å². The first-order chi connectivity index (χ1) is 30.3. The van der Waals surface area contributed by atoms with Crippen LogP contribution >= 0.6 is 30.9 Å². The van der Waals surface area contributed by atoms with E-state index in [9.17, 15) is 10.1 Å². The lowest BCUT2D eigenvalue weighted by Gasteiger charge is -2.53. The number of rotatable bonds is 15. The number of thiocarbonyl (C=S) groups is 1. The van der Waals surface area contributed by atoms with Gasteiger partial charge in [0.05, 0.1) is 16.9 Å². The van der Waals surface area contributed by atoms with Crippen LogP contribution in [0.3, 0.4) is 0 Å². The summed E-state index contributed by atoms with van der Waals surface area (Å²) in [5, 5.41) is 15.3. The third kappa shape index (κ3) is 8.90. The average molecular weight is 911 g/mol. The van der Waals surface area contributed by atoms with Crippen molar-refractivity contribution in [1.82, 2.24) is 4.90 Å². The molecular weight excluding hydrogens is 860 g/mol. The number of nitrogens with zero attached hydrogens (tertiary/aromatic N) is 2. The van der Waals surface area contributed by atoms with Gasteiger partial charge in [-0.2, -0.15) is 0 Å². The zero-order valence-corrected chi connectivity index (χ0v) is 39.5. The van der Waals surface area contributed by atoms with Crippen molar-refractivity contribution in [3.8, 4) is 0 Å². The summed E-state index contributed by atoms with van der Waals surface area (Å²) in [6.07, 6.45) is -0.0293. The summed E-state index contributed by atoms with van der Waals surface area (Å²) in [4.78, 5) is 43.9. The lowest BCUT2D eigenvalue weighted by molar-refractivity contribution is -0.384. The van der Waals surface area contributed by atoms with Gasteiger partial charge in [-0.1, -0.05) is 203 Å². The van der Waals surface area contributed by atoms with E-state index >= 15 is 9.59 Å². The van der Waals surface area contributed by atoms with E-state index in [0.29, 0.717) is 16.2 Å². The van der Waals surface area contributed by atoms with Crippen LogP contribution in [0.5, 0.6) is 0 Å². The smallest absolute Gasteiger partial charge is 0.356 e. The van der Waals surface area contributed by atoms with Crippen LogP contribution in [0.15, 0.2) is 176 Å². The summed E-state index contributed by atoms with van der Waals surface area (Å²) in [5.74, 6) is -1.62. The second-order valence-electron chi connectivity index (χ2n) is 16.5. The molecule has 12 heteroatoms. The summed E-state index contributed by atoms with van der Waals surface area (Å²) < 4.78 is 14.6. The number of non-ortho nitro benzene ring substituents is 1. The summed E-state index contributed by atoms with van der Waals surface area (Å²) in [5.41, 5.74) is 0.718. The normalized spacial score (nSPS) is 15.8. The fourth-order valence-electron chi connectivity index (χ4n) is 8.62. The van der Waals surface area contributed by atoms with E-state index in [0.717, 1.165) is 26.3 Å². The Bertz CT molecular complexity index is 2470. The fourth-order valence-corrected chi connectivity index (χ4v) is 19.3. The van der Waals surface area contributed by atoms with E-state index in [4.69, 9.17) is 21.4 Å². The number of nitro groups is 1. The number of carbonyl (C=O) groups excluding carboxylic acids is 2. The topological polar surface area (TPSA) is 99.0 Å². The maximum absolute atomic E-state index is 15.7. The number of likely N-dealkylation sites (tertiary alicyclic amines) is 1. The Morgan fingerprint density at radius 3 is 1.59 bits per heavy atom. The third-order valence-corrected chi connectivity index (χ3v) is 22.8. The minimum absolute atomic E-state index is 0.0714. The van der Waals surface area contributed by atoms with Crippen LogP contribution in [0, 0.1) is 16.0 Å². The molecule has 0 radical (unpaired) electrons. The molecule has 6 aromatic rings. The van der Waals surface area contributed by atoms with Crippen LogP contribution in [-0.2, 0) is 25.4 Å². The van der Waals surface area contributed by atoms with Crippen molar-refractivity contribution in [3.63, 3.8) is 0 Å². The molecule has 0 saturated carbocycles. The number of hydrogen-bond acceptors (Lipinski definition) is 8. The summed E-state index contributed by atoms with van der Waals surface area (Å²) >= 11 is 7.41. The Morgan fingerprint density at radius 2 is 1.19 bits per heavy atom. The first-order valence-electron chi connectivity index (χ1n) is 21.0. The SMILES string of the molecule is CCC(=S)SC1C(C(C)O[Si](c2ccccc2)(c2ccccc2)C(C)(C)C)C(=O)N1C(C(=O)OCc1ccc([N+](=O)[O-])cc1)=P(c1ccccc1)(c1ccccc1)c1ccccc1. The number of thioether (sulfide) groups is 1. The fraction of sp³-hybridized carbons (Fsp3) is 0.216. The number of carbonyl (C=O) groups is 2. The van der Waals surface area contributed by atoms with Gasteiger partial charge in [-0.05, 0) is 62.4 Å². The highest BCUT2D eigenvalue weighted by atomic mass is 32.2. The molecule has 3 unspecified atom stereocenters. The van der Waals surface area contributed by atoms with Crippen molar-refractivity contribution in [2.75, 3.05) is 0 Å². The first-order valence-corrected chi connectivity index (χ1v) is 26.0. The highest BCUT2D eigenvalue weighted by Crippen LogP contribution is 2.52. The van der Waals surface area contributed by atoms with Crippen LogP contribution in [0.25, 0.3) is 0 Å². The molecule has 1 amide bonds. The van der Waals surface area contributed by atoms with Gasteiger partial charge in [0.15, 0.2) is 0 Å². The molecule has 3 atom stereocenters. The molecule has 7 rings (SSSR count). The molecule has 0 aromatic heterocycles. The molecule has 322 valence electrons. The molecule has 0 bridgehead atoms. The Kier molecular flexibility index (Phi) is 14.1. The van der Waals surface area contributed by atoms with E-state index in [1.165, 1.54) is 23.9 Å². The molecule has 0 N–H and O–H groups in total. The molecule has 63 heavy (non-hydrogen) atoms. The monoisotopic (exact) mass is 910 g/mol. The number of benzene rings is 6. The lowest BCUT2D eigenvalue weighted by atomic mass is 9.93. The summed E-state index contributed by atoms with van der Waals surface area (Å²) in [6.45, 7) is 7.18. The van der Waals surface area contributed by atoms with Gasteiger partial charge >= 0.3 is 5.97 Å². The van der Waals surface area contributed by atoms with Crippen LogP contribution in [-0.4, -0.2) is 51.1 Å². The molecular formula is C51H51N2O6PS2Si. The molecule has 0 aliphatic carbocycles. The van der Waals surface area contributed by atoms with Gasteiger partial charge in [0.2, 0.25) is 5.91 Å². The van der Waals surface area contributed by atoms with Gasteiger partial charge < -0.3 is 9.16 Å². The number of amides is 1. The third-order valence-electron chi connectivity index (χ3n) is 11.6. The van der Waals surface area contributed by atoms with Crippen molar-refractivity contribution < 1.29 is 23.7 Å². The first kappa shape index (κ1) is 45.6. The zero-order chi connectivity index (χ0) is 44.8. The van der Waals surface area contributed by atoms with E-state index in [2.05, 4.69) is 45.0 Å². The van der Waals surface area contributed by atoms with Crippen molar-refractivity contribution in [3.05, 3.63) is 192 Å². The molecule has 1 fully saturated rings. The van der Waals surface area contributed by atoms with Crippen molar-refractivity contribution in [2.24, 2.45) is 5.92 Å². The maximum atomic E-state index is 15.7. The quantitative estimate of drug-likeness (QED) is 0.0192. The highest BCUT2D eigenvalue weighted by Gasteiger charge is 2.59. The molecule has 1 aliphatic rings. The van der Waals surface area contributed by atoms with Gasteiger partial charge in [-0.25, -0.2) is 4.79 Å². The lowest BCUT2D eigenvalue weighted by Crippen LogP contribution is -2.72. The molecule has 1 heterocycles. The molecule has 1 aliphatic heterocycles. The second kappa shape index (κ2) is 19.5. The predicted octanol–water partition coefficient (Wildman–Crippen LogP) is 8.98. The van der Waals surface area contributed by atoms with Gasteiger partial charge in [-0.3, -0.25) is 19.8 Å². The van der Waals surface area contributed by atoms with Gasteiger partial charge in [0.1, 0.15) is 17.4 Å². The molecule has 8 nitrogen and oxygen atoms in total. The van der Waals surface area contributed by atoms with Crippen LogP contribution in [0.4, 0.5) is 5.69 Å².